The SMILES string of the molecule is CN(CCC(=O)O)Cc1ccc(Cl)c(Cl)c1.Cl. The average Bonchev–Trinajstić information content (AvgIpc) is 2.21. The standard InChI is InChI=1S/C11H13Cl2NO2.ClH/c1-14(5-4-11(15)16)7-8-2-3-9(12)10(13)6-8;/h2-3,6H,4-5,7H2,1H3,(H,15,16);1H. The Labute approximate surface area is 117 Å². The maximum absolute atomic E-state index is 10.4. The molecular formula is C11H14Cl3NO2. The molecule has 0 saturated heterocycles. The lowest BCUT2D eigenvalue weighted by Gasteiger charge is -2.15. The highest BCUT2D eigenvalue weighted by Gasteiger charge is 2.05. The van der Waals surface area contributed by atoms with Gasteiger partial charge >= 0.3 is 5.97 Å². The van der Waals surface area contributed by atoms with Crippen LogP contribution in [-0.2, 0) is 11.3 Å². The molecule has 3 nitrogen and oxygen atoms in total. The van der Waals surface area contributed by atoms with Gasteiger partial charge < -0.3 is 10.0 Å². The fraction of sp³-hybridized carbons (Fsp3) is 0.364. The lowest BCUT2D eigenvalue weighted by Crippen LogP contribution is -2.21. The first-order valence-electron chi connectivity index (χ1n) is 4.83. The summed E-state index contributed by atoms with van der Waals surface area (Å²) in [6.07, 6.45) is 0.137. The number of halogens is 3. The Balaban J connectivity index is 0.00000256. The van der Waals surface area contributed by atoms with Gasteiger partial charge in [0.15, 0.2) is 0 Å². The van der Waals surface area contributed by atoms with Crippen molar-refractivity contribution < 1.29 is 9.90 Å². The molecule has 0 bridgehead atoms. The van der Waals surface area contributed by atoms with E-state index in [1.807, 2.05) is 18.0 Å². The van der Waals surface area contributed by atoms with Crippen LogP contribution in [0.1, 0.15) is 12.0 Å². The van der Waals surface area contributed by atoms with Gasteiger partial charge in [0.25, 0.3) is 0 Å². The number of carboxylic acid groups (broad SMARTS) is 1. The van der Waals surface area contributed by atoms with E-state index in [0.29, 0.717) is 23.1 Å². The summed E-state index contributed by atoms with van der Waals surface area (Å²) in [7, 11) is 1.87. The molecule has 0 fully saturated rings. The molecule has 0 atom stereocenters. The first kappa shape index (κ1) is 16.5. The van der Waals surface area contributed by atoms with Gasteiger partial charge in [0, 0.05) is 13.1 Å². The second kappa shape index (κ2) is 7.77. The Morgan fingerprint density at radius 3 is 2.53 bits per heavy atom. The molecule has 0 spiro atoms. The Morgan fingerprint density at radius 2 is 2.00 bits per heavy atom. The predicted molar refractivity (Wildman–Crippen MR) is 72.3 cm³/mol. The van der Waals surface area contributed by atoms with Crippen LogP contribution in [0.15, 0.2) is 18.2 Å². The number of carbonyl (C=O) groups is 1. The van der Waals surface area contributed by atoms with Crippen molar-refractivity contribution in [2.45, 2.75) is 13.0 Å². The first-order valence-corrected chi connectivity index (χ1v) is 5.59. The Kier molecular flexibility index (Phi) is 7.55. The minimum Gasteiger partial charge on any atom is -0.481 e. The van der Waals surface area contributed by atoms with Crippen LogP contribution >= 0.6 is 35.6 Å². The van der Waals surface area contributed by atoms with Crippen LogP contribution in [-0.4, -0.2) is 29.6 Å². The molecule has 96 valence electrons. The molecule has 1 rings (SSSR count). The molecule has 0 aliphatic rings. The summed E-state index contributed by atoms with van der Waals surface area (Å²) < 4.78 is 0. The van der Waals surface area contributed by atoms with Crippen molar-refractivity contribution in [2.75, 3.05) is 13.6 Å². The summed E-state index contributed by atoms with van der Waals surface area (Å²) in [5.74, 6) is -0.791. The third-order valence-electron chi connectivity index (χ3n) is 2.14. The molecule has 6 heteroatoms. The summed E-state index contributed by atoms with van der Waals surface area (Å²) in [6.45, 7) is 1.17. The highest BCUT2D eigenvalue weighted by atomic mass is 35.5. The lowest BCUT2D eigenvalue weighted by atomic mass is 10.2. The molecule has 17 heavy (non-hydrogen) atoms. The fourth-order valence-electron chi connectivity index (χ4n) is 1.32. The third-order valence-corrected chi connectivity index (χ3v) is 2.88. The van der Waals surface area contributed by atoms with Crippen molar-refractivity contribution >= 4 is 41.6 Å². The Morgan fingerprint density at radius 1 is 1.35 bits per heavy atom. The second-order valence-electron chi connectivity index (χ2n) is 3.63. The Hall–Kier alpha value is -0.480. The number of benzene rings is 1. The van der Waals surface area contributed by atoms with E-state index in [9.17, 15) is 4.79 Å². The quantitative estimate of drug-likeness (QED) is 0.906. The van der Waals surface area contributed by atoms with E-state index in [1.165, 1.54) is 0 Å². The van der Waals surface area contributed by atoms with Crippen molar-refractivity contribution in [1.29, 1.82) is 0 Å². The maximum Gasteiger partial charge on any atom is 0.304 e. The number of nitrogens with zero attached hydrogens (tertiary/aromatic N) is 1. The van der Waals surface area contributed by atoms with E-state index in [1.54, 1.807) is 12.1 Å². The molecule has 1 aromatic carbocycles. The largest absolute Gasteiger partial charge is 0.481 e. The molecule has 1 aromatic rings. The molecule has 0 unspecified atom stereocenters. The van der Waals surface area contributed by atoms with Gasteiger partial charge in [-0.15, -0.1) is 12.4 Å². The highest BCUT2D eigenvalue weighted by molar-refractivity contribution is 6.42. The molecular weight excluding hydrogens is 284 g/mol. The molecule has 0 aliphatic heterocycles. The van der Waals surface area contributed by atoms with E-state index in [-0.39, 0.29) is 18.8 Å². The van der Waals surface area contributed by atoms with Crippen molar-refractivity contribution in [3.63, 3.8) is 0 Å². The molecule has 0 aromatic heterocycles. The molecule has 0 heterocycles. The number of hydrogen-bond donors (Lipinski definition) is 1. The minimum absolute atomic E-state index is 0. The summed E-state index contributed by atoms with van der Waals surface area (Å²) in [6, 6.07) is 5.41. The Bertz CT molecular complexity index is 385. The topological polar surface area (TPSA) is 40.5 Å². The molecule has 0 saturated carbocycles. The van der Waals surface area contributed by atoms with Crippen LogP contribution < -0.4 is 0 Å². The lowest BCUT2D eigenvalue weighted by molar-refractivity contribution is -0.137. The third kappa shape index (κ3) is 6.13. The van der Waals surface area contributed by atoms with Crippen LogP contribution in [0.2, 0.25) is 10.0 Å². The summed E-state index contributed by atoms with van der Waals surface area (Å²) >= 11 is 11.7. The van der Waals surface area contributed by atoms with Crippen LogP contribution in [0, 0.1) is 0 Å². The highest BCUT2D eigenvalue weighted by Crippen LogP contribution is 2.23. The number of aliphatic carboxylic acids is 1. The van der Waals surface area contributed by atoms with Gasteiger partial charge in [0.2, 0.25) is 0 Å². The normalized spacial score (nSPS) is 10.1. The number of carboxylic acids is 1. The van der Waals surface area contributed by atoms with Crippen molar-refractivity contribution in [3.8, 4) is 0 Å². The van der Waals surface area contributed by atoms with E-state index in [4.69, 9.17) is 28.3 Å². The van der Waals surface area contributed by atoms with E-state index in [0.717, 1.165) is 5.56 Å². The smallest absolute Gasteiger partial charge is 0.304 e. The van der Waals surface area contributed by atoms with Gasteiger partial charge in [0.05, 0.1) is 16.5 Å². The zero-order valence-corrected chi connectivity index (χ0v) is 11.6. The average molecular weight is 299 g/mol. The van der Waals surface area contributed by atoms with E-state index in [2.05, 4.69) is 0 Å². The van der Waals surface area contributed by atoms with Crippen LogP contribution in [0.25, 0.3) is 0 Å². The van der Waals surface area contributed by atoms with Gasteiger partial charge in [-0.1, -0.05) is 29.3 Å². The fourth-order valence-corrected chi connectivity index (χ4v) is 1.64. The predicted octanol–water partition coefficient (Wildman–Crippen LogP) is 3.32. The molecule has 0 radical (unpaired) electrons. The van der Waals surface area contributed by atoms with Gasteiger partial charge in [-0.3, -0.25) is 4.79 Å². The summed E-state index contributed by atoms with van der Waals surface area (Å²) in [4.78, 5) is 12.3. The van der Waals surface area contributed by atoms with Crippen molar-refractivity contribution in [3.05, 3.63) is 33.8 Å². The number of hydrogen-bond acceptors (Lipinski definition) is 2. The minimum atomic E-state index is -0.791. The van der Waals surface area contributed by atoms with Gasteiger partial charge in [-0.25, -0.2) is 0 Å². The summed E-state index contributed by atoms with van der Waals surface area (Å²) in [5.41, 5.74) is 1.02. The van der Waals surface area contributed by atoms with Crippen molar-refractivity contribution in [1.82, 2.24) is 4.90 Å². The van der Waals surface area contributed by atoms with Gasteiger partial charge in [-0.05, 0) is 24.7 Å². The number of rotatable bonds is 5. The second-order valence-corrected chi connectivity index (χ2v) is 4.44. The molecule has 0 aliphatic carbocycles. The van der Waals surface area contributed by atoms with E-state index >= 15 is 0 Å². The van der Waals surface area contributed by atoms with E-state index < -0.39 is 5.97 Å². The molecule has 1 N–H and O–H groups in total. The monoisotopic (exact) mass is 297 g/mol. The van der Waals surface area contributed by atoms with Crippen LogP contribution in [0.3, 0.4) is 0 Å². The zero-order valence-electron chi connectivity index (χ0n) is 9.32. The first-order chi connectivity index (χ1) is 7.49. The summed E-state index contributed by atoms with van der Waals surface area (Å²) in [5, 5.41) is 9.59. The maximum atomic E-state index is 10.4. The van der Waals surface area contributed by atoms with Gasteiger partial charge in [0.1, 0.15) is 0 Å². The van der Waals surface area contributed by atoms with Crippen LogP contribution in [0.5, 0.6) is 0 Å². The zero-order chi connectivity index (χ0) is 12.1. The van der Waals surface area contributed by atoms with Gasteiger partial charge in [-0.2, -0.15) is 0 Å². The van der Waals surface area contributed by atoms with Crippen LogP contribution in [0.4, 0.5) is 0 Å². The van der Waals surface area contributed by atoms with Crippen molar-refractivity contribution in [2.24, 2.45) is 0 Å². The molecule has 0 amide bonds.